The molecule has 4 atom stereocenters. The van der Waals surface area contributed by atoms with Crippen LogP contribution < -0.4 is 19.1 Å². The Morgan fingerprint density at radius 1 is 0.946 bits per heavy atom. The van der Waals surface area contributed by atoms with Gasteiger partial charge in [-0.1, -0.05) is 41.9 Å². The van der Waals surface area contributed by atoms with E-state index in [4.69, 9.17) is 25.8 Å². The van der Waals surface area contributed by atoms with E-state index >= 15 is 0 Å². The number of sulfonamides is 1. The number of halogens is 1. The highest BCUT2D eigenvalue weighted by molar-refractivity contribution is 7.89. The molecule has 3 aliphatic rings. The minimum Gasteiger partial charge on any atom is -0.497 e. The molecule has 7 rings (SSSR count). The van der Waals surface area contributed by atoms with E-state index in [1.807, 2.05) is 87.6 Å². The summed E-state index contributed by atoms with van der Waals surface area (Å²) >= 11 is 6.50. The van der Waals surface area contributed by atoms with Gasteiger partial charge in [-0.3, -0.25) is 0 Å². The van der Waals surface area contributed by atoms with Crippen molar-refractivity contribution in [3.05, 3.63) is 112 Å². The summed E-state index contributed by atoms with van der Waals surface area (Å²) in [6.45, 7) is 7.94. The highest BCUT2D eigenvalue weighted by Gasteiger charge is 2.43. The van der Waals surface area contributed by atoms with Crippen LogP contribution in [0.1, 0.15) is 68.7 Å². The molecule has 0 N–H and O–H groups in total. The Balaban J connectivity index is 1.26. The van der Waals surface area contributed by atoms with Crippen molar-refractivity contribution < 1.29 is 26.8 Å². The van der Waals surface area contributed by atoms with E-state index in [0.29, 0.717) is 36.9 Å². The Hall–Kier alpha value is -3.90. The first-order chi connectivity index (χ1) is 26.8. The van der Waals surface area contributed by atoms with Crippen molar-refractivity contribution in [2.75, 3.05) is 38.8 Å². The van der Waals surface area contributed by atoms with Crippen molar-refractivity contribution in [1.29, 1.82) is 0 Å². The van der Waals surface area contributed by atoms with E-state index < -0.39 is 25.8 Å². The predicted octanol–water partition coefficient (Wildman–Crippen LogP) is 8.78. The van der Waals surface area contributed by atoms with E-state index in [2.05, 4.69) is 21.4 Å². The minimum absolute atomic E-state index is 0.164. The van der Waals surface area contributed by atoms with Gasteiger partial charge in [-0.25, -0.2) is 12.6 Å². The standard InChI is InChI=1S/C44H52ClN3O6S2/c1-43(2,3)55(49)46-25-34-12-13-35(34)28-47-29-44(22-6-7-33-23-36(45)14-20-40(33)44)30-54-42-21-19-39(24-41(42)47)56(50,51)48(26-31-8-15-37(52-4)16-9-31)27-32-10-17-38(53-5)18-11-32/h8-11,14-21,23-25,34-35H,6-7,12-13,22,26-30H2,1-5H3/b46-25+/t34-,35-,44-,55-/m0/s1. The molecule has 0 bridgehead atoms. The fourth-order valence-corrected chi connectivity index (χ4v) is 10.3. The molecule has 0 saturated heterocycles. The number of ether oxygens (including phenoxy) is 3. The molecule has 2 aliphatic carbocycles. The van der Waals surface area contributed by atoms with Gasteiger partial charge in [0.15, 0.2) is 0 Å². The Morgan fingerprint density at radius 2 is 1.61 bits per heavy atom. The number of aryl methyl sites for hydroxylation is 1. The maximum Gasteiger partial charge on any atom is 0.243 e. The van der Waals surface area contributed by atoms with Gasteiger partial charge in [0.25, 0.3) is 0 Å². The first-order valence-electron chi connectivity index (χ1n) is 19.3. The normalized spacial score (nSPS) is 21.5. The first-order valence-corrected chi connectivity index (χ1v) is 22.2. The van der Waals surface area contributed by atoms with Gasteiger partial charge in [0.1, 0.15) is 28.2 Å². The van der Waals surface area contributed by atoms with Crippen molar-refractivity contribution in [2.24, 2.45) is 16.2 Å². The lowest BCUT2D eigenvalue weighted by Crippen LogP contribution is -2.48. The number of rotatable bonds is 12. The molecule has 12 heteroatoms. The molecule has 0 amide bonds. The summed E-state index contributed by atoms with van der Waals surface area (Å²) in [4.78, 5) is 2.55. The van der Waals surface area contributed by atoms with E-state index in [1.54, 1.807) is 26.4 Å². The van der Waals surface area contributed by atoms with Gasteiger partial charge in [-0.05, 0) is 142 Å². The molecule has 4 aromatic carbocycles. The van der Waals surface area contributed by atoms with Gasteiger partial charge in [0, 0.05) is 42.8 Å². The van der Waals surface area contributed by atoms with Gasteiger partial charge in [0.05, 0.1) is 36.2 Å². The van der Waals surface area contributed by atoms with E-state index in [9.17, 15) is 12.6 Å². The molecule has 9 nitrogen and oxygen atoms in total. The van der Waals surface area contributed by atoms with Crippen LogP contribution in [-0.4, -0.2) is 61.8 Å². The molecule has 0 unspecified atom stereocenters. The second-order valence-corrected chi connectivity index (χ2v) is 20.6. The number of methoxy groups -OCH3 is 2. The van der Waals surface area contributed by atoms with E-state index in [-0.39, 0.29) is 35.2 Å². The van der Waals surface area contributed by atoms with Crippen LogP contribution >= 0.6 is 11.6 Å². The van der Waals surface area contributed by atoms with Crippen LogP contribution in [0.15, 0.2) is 94.2 Å². The fraction of sp³-hybridized carbons (Fsp3) is 0.432. The molecule has 4 aromatic rings. The maximum atomic E-state index is 14.9. The van der Waals surface area contributed by atoms with Crippen LogP contribution in [0, 0.1) is 11.8 Å². The number of nitrogens with zero attached hydrogens (tertiary/aromatic N) is 3. The van der Waals surface area contributed by atoms with Crippen molar-refractivity contribution >= 4 is 44.5 Å². The van der Waals surface area contributed by atoms with Gasteiger partial charge < -0.3 is 19.1 Å². The first kappa shape index (κ1) is 40.3. The van der Waals surface area contributed by atoms with Crippen LogP contribution in [-0.2, 0) is 45.9 Å². The lowest BCUT2D eigenvalue weighted by molar-refractivity contribution is 0.201. The van der Waals surface area contributed by atoms with Gasteiger partial charge in [-0.2, -0.15) is 8.70 Å². The summed E-state index contributed by atoms with van der Waals surface area (Å²) in [5.74, 6) is 2.51. The second-order valence-electron chi connectivity index (χ2n) is 16.3. The summed E-state index contributed by atoms with van der Waals surface area (Å²) in [7, 11) is -2.14. The highest BCUT2D eigenvalue weighted by atomic mass is 35.5. The van der Waals surface area contributed by atoms with Gasteiger partial charge in [-0.15, -0.1) is 0 Å². The molecule has 56 heavy (non-hydrogen) atoms. The summed E-state index contributed by atoms with van der Waals surface area (Å²) in [6, 6.07) is 26.5. The zero-order valence-corrected chi connectivity index (χ0v) is 35.3. The van der Waals surface area contributed by atoms with Gasteiger partial charge >= 0.3 is 0 Å². The third-order valence-electron chi connectivity index (χ3n) is 11.5. The lowest BCUT2D eigenvalue weighted by atomic mass is 9.69. The molecular formula is C44H52ClN3O6S2. The third kappa shape index (κ3) is 8.66. The predicted molar refractivity (Wildman–Crippen MR) is 225 cm³/mol. The van der Waals surface area contributed by atoms with Crippen LogP contribution in [0.2, 0.25) is 5.02 Å². The highest BCUT2D eigenvalue weighted by Crippen LogP contribution is 2.46. The molecule has 1 heterocycles. The third-order valence-corrected chi connectivity index (χ3v) is 14.9. The summed E-state index contributed by atoms with van der Waals surface area (Å²) in [5.41, 5.74) is 4.62. The molecule has 1 fully saturated rings. The average Bonchev–Trinajstić information content (AvgIpc) is 3.33. The zero-order chi connectivity index (χ0) is 39.7. The van der Waals surface area contributed by atoms with Crippen LogP contribution in [0.5, 0.6) is 17.2 Å². The molecule has 1 saturated carbocycles. The topological polar surface area (TPSA) is 97.7 Å². The van der Waals surface area contributed by atoms with E-state index in [0.717, 1.165) is 53.9 Å². The number of benzene rings is 4. The van der Waals surface area contributed by atoms with Crippen LogP contribution in [0.3, 0.4) is 0 Å². The van der Waals surface area contributed by atoms with Crippen molar-refractivity contribution in [3.8, 4) is 17.2 Å². The van der Waals surface area contributed by atoms with Crippen LogP contribution in [0.25, 0.3) is 0 Å². The smallest absolute Gasteiger partial charge is 0.243 e. The molecule has 0 aromatic heterocycles. The minimum atomic E-state index is -4.03. The molecule has 298 valence electrons. The molecule has 0 radical (unpaired) electrons. The Labute approximate surface area is 339 Å². The average molecular weight is 819 g/mol. The quantitative estimate of drug-likeness (QED) is 0.132. The zero-order valence-electron chi connectivity index (χ0n) is 32.9. The number of anilines is 1. The molecule has 1 spiro atoms. The fourth-order valence-electron chi connectivity index (χ4n) is 8.09. The van der Waals surface area contributed by atoms with Crippen molar-refractivity contribution in [1.82, 2.24) is 4.31 Å². The largest absolute Gasteiger partial charge is 0.497 e. The lowest BCUT2D eigenvalue weighted by Gasteiger charge is -2.44. The van der Waals surface area contributed by atoms with Crippen molar-refractivity contribution in [3.63, 3.8) is 0 Å². The summed E-state index contributed by atoms with van der Waals surface area (Å²) in [6.07, 6.45) is 6.77. The second kappa shape index (κ2) is 16.5. The monoisotopic (exact) mass is 817 g/mol. The van der Waals surface area contributed by atoms with Crippen LogP contribution in [0.4, 0.5) is 5.69 Å². The number of hydrogen-bond acceptors (Lipinski definition) is 7. The summed E-state index contributed by atoms with van der Waals surface area (Å²) in [5, 5.41) is 0.725. The van der Waals surface area contributed by atoms with Gasteiger partial charge in [0.2, 0.25) is 10.0 Å². The SMILES string of the molecule is COc1ccc(CN(Cc2ccc(OC)cc2)S(=O)(=O)c2ccc3c(c2)N(C[C@@H]2CC[C@H]2/C=N/[S@@](=O)C(C)(C)C)C[C@@]2(CCCc4cc(Cl)ccc42)CO3)cc1. The number of fused-ring (bicyclic) bond motifs is 3. The molecule has 1 aliphatic heterocycles. The Kier molecular flexibility index (Phi) is 11.9. The van der Waals surface area contributed by atoms with E-state index in [1.165, 1.54) is 15.4 Å². The Morgan fingerprint density at radius 3 is 2.20 bits per heavy atom. The van der Waals surface area contributed by atoms with Crippen molar-refractivity contribution in [2.45, 2.75) is 81.0 Å². The Bertz CT molecular complexity index is 2140. The molecular weight excluding hydrogens is 766 g/mol. The maximum absolute atomic E-state index is 14.9. The summed E-state index contributed by atoms with van der Waals surface area (Å²) < 4.78 is 65.6. The number of hydrogen-bond donors (Lipinski definition) is 0.